The number of halogens is 2. The molecule has 0 aliphatic carbocycles. The van der Waals surface area contributed by atoms with Gasteiger partial charge in [-0.2, -0.15) is 8.78 Å². The molecule has 2 aromatic carbocycles. The molecule has 0 unspecified atom stereocenters. The molecule has 0 atom stereocenters. The predicted molar refractivity (Wildman–Crippen MR) is 90.1 cm³/mol. The van der Waals surface area contributed by atoms with Gasteiger partial charge in [-0.15, -0.1) is 0 Å². The molecule has 27 heavy (non-hydrogen) atoms. The first-order valence-electron chi connectivity index (χ1n) is 7.16. The molecule has 1 N–H and O–H groups in total. The van der Waals surface area contributed by atoms with Crippen molar-refractivity contribution >= 4 is 21.4 Å². The smallest absolute Gasteiger partial charge is 0.387 e. The van der Waals surface area contributed by atoms with Gasteiger partial charge in [0.05, 0.1) is 29.7 Å². The molecule has 0 aromatic heterocycles. The molecule has 12 heteroatoms. The second-order valence-corrected chi connectivity index (χ2v) is 6.62. The SMILES string of the molecule is COc1ccc(NS(=O)(=O)c2ccc(OC)c([N+](=O)[O-])c2)cc1OC(F)F. The Hall–Kier alpha value is -3.15. The summed E-state index contributed by atoms with van der Waals surface area (Å²) in [5.41, 5.74) is -0.651. The Morgan fingerprint density at radius 2 is 1.67 bits per heavy atom. The molecule has 0 bridgehead atoms. The lowest BCUT2D eigenvalue weighted by Gasteiger charge is -2.13. The summed E-state index contributed by atoms with van der Waals surface area (Å²) in [7, 11) is -1.82. The maximum Gasteiger partial charge on any atom is 0.387 e. The van der Waals surface area contributed by atoms with Gasteiger partial charge in [-0.25, -0.2) is 8.42 Å². The van der Waals surface area contributed by atoms with Crippen molar-refractivity contribution in [1.29, 1.82) is 0 Å². The maximum atomic E-state index is 12.5. The summed E-state index contributed by atoms with van der Waals surface area (Å²) in [4.78, 5) is 9.84. The van der Waals surface area contributed by atoms with Crippen molar-refractivity contribution in [3.05, 3.63) is 46.5 Å². The number of alkyl halides is 2. The Labute approximate surface area is 152 Å². The highest BCUT2D eigenvalue weighted by Gasteiger charge is 2.23. The van der Waals surface area contributed by atoms with Gasteiger partial charge in [-0.05, 0) is 24.3 Å². The van der Waals surface area contributed by atoms with E-state index in [-0.39, 0.29) is 22.9 Å². The Balaban J connectivity index is 2.39. The largest absolute Gasteiger partial charge is 0.493 e. The van der Waals surface area contributed by atoms with Crippen LogP contribution in [0.4, 0.5) is 20.2 Å². The van der Waals surface area contributed by atoms with Crippen LogP contribution in [0.1, 0.15) is 0 Å². The molecule has 0 saturated heterocycles. The minimum absolute atomic E-state index is 0.0293. The molecule has 0 radical (unpaired) electrons. The fraction of sp³-hybridized carbons (Fsp3) is 0.200. The number of methoxy groups -OCH3 is 2. The van der Waals surface area contributed by atoms with E-state index >= 15 is 0 Å². The number of nitro benzene ring substituents is 1. The van der Waals surface area contributed by atoms with Crippen LogP contribution in [-0.2, 0) is 10.0 Å². The number of hydrogen-bond acceptors (Lipinski definition) is 7. The van der Waals surface area contributed by atoms with E-state index in [2.05, 4.69) is 9.46 Å². The lowest BCUT2D eigenvalue weighted by Crippen LogP contribution is -2.14. The van der Waals surface area contributed by atoms with Gasteiger partial charge < -0.3 is 14.2 Å². The van der Waals surface area contributed by atoms with Crippen molar-refractivity contribution in [2.45, 2.75) is 11.5 Å². The maximum absolute atomic E-state index is 12.5. The van der Waals surface area contributed by atoms with Crippen LogP contribution < -0.4 is 18.9 Å². The van der Waals surface area contributed by atoms with Gasteiger partial charge in [0.25, 0.3) is 10.0 Å². The molecule has 2 aromatic rings. The van der Waals surface area contributed by atoms with Gasteiger partial charge >= 0.3 is 12.3 Å². The molecule has 0 fully saturated rings. The highest BCUT2D eigenvalue weighted by molar-refractivity contribution is 7.92. The third kappa shape index (κ3) is 4.73. The second kappa shape index (κ2) is 8.03. The second-order valence-electron chi connectivity index (χ2n) is 4.94. The van der Waals surface area contributed by atoms with Crippen LogP contribution in [0.5, 0.6) is 17.2 Å². The first kappa shape index (κ1) is 20.2. The molecular formula is C15H14F2N2O7S. The Morgan fingerprint density at radius 3 is 2.22 bits per heavy atom. The zero-order valence-corrected chi connectivity index (χ0v) is 14.8. The van der Waals surface area contributed by atoms with Gasteiger partial charge in [0, 0.05) is 12.1 Å². The van der Waals surface area contributed by atoms with Crippen LogP contribution in [-0.4, -0.2) is 34.2 Å². The standard InChI is InChI=1S/C15H14F2N2O7S/c1-24-12-6-4-10(8-11(12)19(20)21)27(22,23)18-9-3-5-13(25-2)14(7-9)26-15(16)17/h3-8,15,18H,1-2H3. The van der Waals surface area contributed by atoms with Crippen LogP contribution in [0.2, 0.25) is 0 Å². The van der Waals surface area contributed by atoms with Crippen molar-refractivity contribution < 1.29 is 36.3 Å². The van der Waals surface area contributed by atoms with E-state index in [1.54, 1.807) is 0 Å². The number of nitrogens with zero attached hydrogens (tertiary/aromatic N) is 1. The third-order valence-electron chi connectivity index (χ3n) is 3.29. The first-order valence-corrected chi connectivity index (χ1v) is 8.64. The van der Waals surface area contributed by atoms with Crippen molar-refractivity contribution in [3.63, 3.8) is 0 Å². The predicted octanol–water partition coefficient (Wildman–Crippen LogP) is 3.01. The molecule has 0 amide bonds. The van der Waals surface area contributed by atoms with Gasteiger partial charge in [0.1, 0.15) is 0 Å². The van der Waals surface area contributed by atoms with Crippen LogP contribution in [0.15, 0.2) is 41.3 Å². The van der Waals surface area contributed by atoms with Gasteiger partial charge in [0.2, 0.25) is 0 Å². The number of sulfonamides is 1. The quantitative estimate of drug-likeness (QED) is 0.531. The fourth-order valence-electron chi connectivity index (χ4n) is 2.12. The van der Waals surface area contributed by atoms with E-state index in [1.807, 2.05) is 0 Å². The summed E-state index contributed by atoms with van der Waals surface area (Å²) >= 11 is 0. The average molecular weight is 404 g/mol. The summed E-state index contributed by atoms with van der Waals surface area (Å²) in [6.45, 7) is -3.14. The minimum Gasteiger partial charge on any atom is -0.493 e. The highest BCUT2D eigenvalue weighted by atomic mass is 32.2. The molecule has 0 aliphatic heterocycles. The Morgan fingerprint density at radius 1 is 1.04 bits per heavy atom. The van der Waals surface area contributed by atoms with Crippen molar-refractivity contribution in [3.8, 4) is 17.2 Å². The third-order valence-corrected chi connectivity index (χ3v) is 4.67. The molecule has 2 rings (SSSR count). The molecule has 0 saturated carbocycles. The fourth-order valence-corrected chi connectivity index (χ4v) is 3.19. The number of benzene rings is 2. The summed E-state index contributed by atoms with van der Waals surface area (Å²) in [6.07, 6.45) is 0. The van der Waals surface area contributed by atoms with Crippen LogP contribution in [0, 0.1) is 10.1 Å². The normalized spacial score (nSPS) is 11.1. The topological polar surface area (TPSA) is 117 Å². The molecule has 0 heterocycles. The van der Waals surface area contributed by atoms with Gasteiger partial charge in [-0.1, -0.05) is 0 Å². The number of hydrogen-bond donors (Lipinski definition) is 1. The van der Waals surface area contributed by atoms with E-state index in [0.717, 1.165) is 24.3 Å². The lowest BCUT2D eigenvalue weighted by atomic mass is 10.3. The van der Waals surface area contributed by atoms with Gasteiger partial charge in [-0.3, -0.25) is 14.8 Å². The van der Waals surface area contributed by atoms with Crippen LogP contribution in [0.3, 0.4) is 0 Å². The zero-order valence-electron chi connectivity index (χ0n) is 14.0. The molecule has 146 valence electrons. The number of rotatable bonds is 8. The number of nitro groups is 1. The van der Waals surface area contributed by atoms with Gasteiger partial charge in [0.15, 0.2) is 17.2 Å². The van der Waals surface area contributed by atoms with E-state index in [4.69, 9.17) is 9.47 Å². The zero-order chi connectivity index (χ0) is 20.2. The number of ether oxygens (including phenoxy) is 3. The first-order chi connectivity index (χ1) is 12.7. The van der Waals surface area contributed by atoms with E-state index in [1.165, 1.54) is 26.4 Å². The summed E-state index contributed by atoms with van der Waals surface area (Å²) in [5, 5.41) is 11.0. The summed E-state index contributed by atoms with van der Waals surface area (Å²) < 4.78 is 66.0. The Bertz CT molecular complexity index is 951. The van der Waals surface area contributed by atoms with Crippen LogP contribution >= 0.6 is 0 Å². The highest BCUT2D eigenvalue weighted by Crippen LogP contribution is 2.33. The Kier molecular flexibility index (Phi) is 6.00. The minimum atomic E-state index is -4.25. The van der Waals surface area contributed by atoms with E-state index in [0.29, 0.717) is 0 Å². The molecular weight excluding hydrogens is 390 g/mol. The van der Waals surface area contributed by atoms with Crippen molar-refractivity contribution in [2.75, 3.05) is 18.9 Å². The average Bonchev–Trinajstić information content (AvgIpc) is 2.60. The van der Waals surface area contributed by atoms with Crippen molar-refractivity contribution in [1.82, 2.24) is 0 Å². The molecule has 0 aliphatic rings. The van der Waals surface area contributed by atoms with Crippen molar-refractivity contribution in [2.24, 2.45) is 0 Å². The van der Waals surface area contributed by atoms with Crippen LogP contribution in [0.25, 0.3) is 0 Å². The van der Waals surface area contributed by atoms with E-state index in [9.17, 15) is 27.3 Å². The number of nitrogens with one attached hydrogen (secondary N) is 1. The number of anilines is 1. The lowest BCUT2D eigenvalue weighted by molar-refractivity contribution is -0.386. The summed E-state index contributed by atoms with van der Waals surface area (Å²) in [5.74, 6) is -0.525. The summed E-state index contributed by atoms with van der Waals surface area (Å²) in [6, 6.07) is 6.54. The molecule has 9 nitrogen and oxygen atoms in total. The van der Waals surface area contributed by atoms with E-state index < -0.39 is 32.1 Å². The molecule has 0 spiro atoms. The monoisotopic (exact) mass is 404 g/mol.